The zero-order chi connectivity index (χ0) is 13.6. The van der Waals surface area contributed by atoms with Crippen molar-refractivity contribution in [2.75, 3.05) is 10.6 Å². The van der Waals surface area contributed by atoms with Crippen LogP contribution < -0.4 is 16.4 Å². The Labute approximate surface area is 111 Å². The van der Waals surface area contributed by atoms with E-state index in [2.05, 4.69) is 17.6 Å². The van der Waals surface area contributed by atoms with Gasteiger partial charge in [-0.25, -0.2) is 0 Å². The summed E-state index contributed by atoms with van der Waals surface area (Å²) in [7, 11) is 0. The van der Waals surface area contributed by atoms with E-state index < -0.39 is 0 Å². The third-order valence-electron chi connectivity index (χ3n) is 3.93. The molecular formula is C14H17N3O2. The van der Waals surface area contributed by atoms with E-state index in [1.165, 1.54) is 0 Å². The molecule has 3 rings (SSSR count). The lowest BCUT2D eigenvalue weighted by molar-refractivity contribution is -0.123. The number of rotatable bonds is 2. The number of carbonyl (C=O) groups excluding carboxylic acids is 2. The molecule has 1 aliphatic heterocycles. The Morgan fingerprint density at radius 2 is 1.84 bits per heavy atom. The smallest absolute Gasteiger partial charge is 0.233 e. The third-order valence-corrected chi connectivity index (χ3v) is 3.93. The molecule has 1 saturated carbocycles. The van der Waals surface area contributed by atoms with Crippen molar-refractivity contribution < 1.29 is 9.59 Å². The Morgan fingerprint density at radius 1 is 1.21 bits per heavy atom. The van der Waals surface area contributed by atoms with Crippen LogP contribution in [0, 0.1) is 11.8 Å². The number of nitrogens with one attached hydrogen (secondary N) is 2. The first-order chi connectivity index (χ1) is 9.04. The Morgan fingerprint density at radius 3 is 2.47 bits per heavy atom. The number of hydrogen-bond acceptors (Lipinski definition) is 3. The van der Waals surface area contributed by atoms with E-state index in [1.54, 1.807) is 6.07 Å². The van der Waals surface area contributed by atoms with Crippen molar-refractivity contribution in [2.24, 2.45) is 17.6 Å². The SMILES string of the molecule is CC1CC1C(N)c1ccc2c(c1)NC(=O)CC(=O)N2. The van der Waals surface area contributed by atoms with E-state index in [4.69, 9.17) is 5.73 Å². The first-order valence-electron chi connectivity index (χ1n) is 6.54. The molecule has 19 heavy (non-hydrogen) atoms. The molecule has 1 fully saturated rings. The zero-order valence-corrected chi connectivity index (χ0v) is 10.8. The molecule has 3 atom stereocenters. The predicted octanol–water partition coefficient (Wildman–Crippen LogP) is 1.62. The van der Waals surface area contributed by atoms with Crippen LogP contribution >= 0.6 is 0 Å². The van der Waals surface area contributed by atoms with Gasteiger partial charge in [0.05, 0.1) is 11.4 Å². The molecule has 0 spiro atoms. The van der Waals surface area contributed by atoms with Gasteiger partial charge in [0.2, 0.25) is 11.8 Å². The first-order valence-corrected chi connectivity index (χ1v) is 6.54. The zero-order valence-electron chi connectivity index (χ0n) is 10.8. The van der Waals surface area contributed by atoms with Gasteiger partial charge in [0, 0.05) is 6.04 Å². The summed E-state index contributed by atoms with van der Waals surface area (Å²) in [6.45, 7) is 2.19. The molecule has 0 bridgehead atoms. The predicted molar refractivity (Wildman–Crippen MR) is 72.5 cm³/mol. The summed E-state index contributed by atoms with van der Waals surface area (Å²) in [5, 5.41) is 5.45. The van der Waals surface area contributed by atoms with Crippen LogP contribution in [0.15, 0.2) is 18.2 Å². The van der Waals surface area contributed by atoms with Crippen molar-refractivity contribution in [3.8, 4) is 0 Å². The van der Waals surface area contributed by atoms with Gasteiger partial charge in [-0.1, -0.05) is 13.0 Å². The lowest BCUT2D eigenvalue weighted by Gasteiger charge is -2.15. The number of carbonyl (C=O) groups is 2. The van der Waals surface area contributed by atoms with Crippen molar-refractivity contribution in [3.63, 3.8) is 0 Å². The van der Waals surface area contributed by atoms with Crippen LogP contribution in [0.25, 0.3) is 0 Å². The number of hydrogen-bond donors (Lipinski definition) is 3. The summed E-state index contributed by atoms with van der Waals surface area (Å²) in [6, 6.07) is 5.60. The number of nitrogens with two attached hydrogens (primary N) is 1. The fraction of sp³-hybridized carbons (Fsp3) is 0.429. The van der Waals surface area contributed by atoms with Gasteiger partial charge in [0.1, 0.15) is 6.42 Å². The number of benzene rings is 1. The quantitative estimate of drug-likeness (QED) is 0.706. The fourth-order valence-electron chi connectivity index (χ4n) is 2.61. The summed E-state index contributed by atoms with van der Waals surface area (Å²) in [6.07, 6.45) is 1.01. The van der Waals surface area contributed by atoms with E-state index in [0.717, 1.165) is 12.0 Å². The van der Waals surface area contributed by atoms with Crippen molar-refractivity contribution in [2.45, 2.75) is 25.8 Å². The van der Waals surface area contributed by atoms with Gasteiger partial charge >= 0.3 is 0 Å². The number of fused-ring (bicyclic) bond motifs is 1. The van der Waals surface area contributed by atoms with Crippen LogP contribution in [0.1, 0.15) is 31.4 Å². The highest BCUT2D eigenvalue weighted by Crippen LogP contribution is 2.46. The third kappa shape index (κ3) is 2.33. The second-order valence-corrected chi connectivity index (χ2v) is 5.48. The normalized spacial score (nSPS) is 26.8. The Balaban J connectivity index is 1.90. The highest BCUT2D eigenvalue weighted by molar-refractivity contribution is 6.13. The molecule has 0 radical (unpaired) electrons. The van der Waals surface area contributed by atoms with Gasteiger partial charge in [-0.2, -0.15) is 0 Å². The van der Waals surface area contributed by atoms with Gasteiger partial charge < -0.3 is 16.4 Å². The average molecular weight is 259 g/mol. The maximum absolute atomic E-state index is 11.5. The molecule has 2 aliphatic rings. The summed E-state index contributed by atoms with van der Waals surface area (Å²) in [4.78, 5) is 23.0. The lowest BCUT2D eigenvalue weighted by Crippen LogP contribution is -2.16. The van der Waals surface area contributed by atoms with Crippen molar-refractivity contribution in [1.82, 2.24) is 0 Å². The van der Waals surface area contributed by atoms with Gasteiger partial charge in [-0.15, -0.1) is 0 Å². The molecule has 1 aromatic carbocycles. The van der Waals surface area contributed by atoms with Gasteiger partial charge in [0.15, 0.2) is 0 Å². The van der Waals surface area contributed by atoms with E-state index >= 15 is 0 Å². The second kappa shape index (κ2) is 4.35. The summed E-state index contributed by atoms with van der Waals surface area (Å²) >= 11 is 0. The van der Waals surface area contributed by atoms with Crippen LogP contribution in [0.3, 0.4) is 0 Å². The van der Waals surface area contributed by atoms with Crippen molar-refractivity contribution in [1.29, 1.82) is 0 Å². The molecule has 1 heterocycles. The van der Waals surface area contributed by atoms with Crippen molar-refractivity contribution >= 4 is 23.2 Å². The summed E-state index contributed by atoms with van der Waals surface area (Å²) < 4.78 is 0. The molecule has 2 amide bonds. The molecule has 5 nitrogen and oxygen atoms in total. The van der Waals surface area contributed by atoms with E-state index in [0.29, 0.717) is 23.2 Å². The van der Waals surface area contributed by atoms with E-state index in [-0.39, 0.29) is 24.3 Å². The van der Waals surface area contributed by atoms with Crippen LogP contribution in [0.2, 0.25) is 0 Å². The highest BCUT2D eigenvalue weighted by atomic mass is 16.2. The minimum Gasteiger partial charge on any atom is -0.324 e. The second-order valence-electron chi connectivity index (χ2n) is 5.48. The fourth-order valence-corrected chi connectivity index (χ4v) is 2.61. The van der Waals surface area contributed by atoms with Crippen molar-refractivity contribution in [3.05, 3.63) is 23.8 Å². The Bertz CT molecular complexity index is 556. The molecule has 5 heteroatoms. The molecular weight excluding hydrogens is 242 g/mol. The first kappa shape index (κ1) is 12.2. The molecule has 0 aromatic heterocycles. The Hall–Kier alpha value is -1.88. The number of amides is 2. The average Bonchev–Trinajstić information content (AvgIpc) is 3.08. The van der Waals surface area contributed by atoms with Crippen LogP contribution in [-0.4, -0.2) is 11.8 Å². The standard InChI is InChI=1S/C14H17N3O2/c1-7-4-9(7)14(15)8-2-3-10-11(5-8)17-13(19)6-12(18)16-10/h2-3,5,7,9,14H,4,6,15H2,1H3,(H,16,18)(H,17,19). The van der Waals surface area contributed by atoms with E-state index in [9.17, 15) is 9.59 Å². The lowest BCUT2D eigenvalue weighted by atomic mass is 10.0. The van der Waals surface area contributed by atoms with Gasteiger partial charge in [-0.05, 0) is 36.0 Å². The highest BCUT2D eigenvalue weighted by Gasteiger charge is 2.38. The maximum Gasteiger partial charge on any atom is 0.233 e. The largest absolute Gasteiger partial charge is 0.324 e. The van der Waals surface area contributed by atoms with Crippen LogP contribution in [0.4, 0.5) is 11.4 Å². The summed E-state index contributed by atoms with van der Waals surface area (Å²) in [5.74, 6) is 0.614. The minimum absolute atomic E-state index is 0.00356. The van der Waals surface area contributed by atoms with E-state index in [1.807, 2.05) is 12.1 Å². The molecule has 4 N–H and O–H groups in total. The molecule has 0 saturated heterocycles. The Kier molecular flexibility index (Phi) is 2.78. The summed E-state index contributed by atoms with van der Waals surface area (Å²) in [5.41, 5.74) is 8.50. The molecule has 1 aliphatic carbocycles. The maximum atomic E-state index is 11.5. The minimum atomic E-state index is -0.290. The molecule has 3 unspecified atom stereocenters. The molecule has 1 aromatic rings. The number of anilines is 2. The topological polar surface area (TPSA) is 84.2 Å². The monoisotopic (exact) mass is 259 g/mol. The van der Waals surface area contributed by atoms with Gasteiger partial charge in [-0.3, -0.25) is 9.59 Å². The van der Waals surface area contributed by atoms with Crippen LogP contribution in [-0.2, 0) is 9.59 Å². The van der Waals surface area contributed by atoms with Crippen LogP contribution in [0.5, 0.6) is 0 Å². The molecule has 100 valence electrons. The van der Waals surface area contributed by atoms with Gasteiger partial charge in [0.25, 0.3) is 0 Å².